The highest BCUT2D eigenvalue weighted by Gasteiger charge is 2.46. The Morgan fingerprint density at radius 2 is 1.83 bits per heavy atom. The number of rotatable bonds is 5. The molecule has 1 saturated carbocycles. The van der Waals surface area contributed by atoms with E-state index < -0.39 is 5.60 Å². The summed E-state index contributed by atoms with van der Waals surface area (Å²) in [6.07, 6.45) is 3.67. The topological polar surface area (TPSA) is 50.4 Å². The number of benzene rings is 1. The Labute approximate surface area is 148 Å². The molecule has 128 valence electrons. The SMILES string of the molecule is COC1(C(=O)NCC2(c3ccc(Cl)cc3)CC2)CCNCC1.Cl. The molecule has 2 N–H and O–H groups in total. The molecule has 6 heteroatoms. The Morgan fingerprint density at radius 1 is 1.22 bits per heavy atom. The van der Waals surface area contributed by atoms with E-state index in [1.807, 2.05) is 12.1 Å². The Bertz CT molecular complexity index is 538. The second-order valence-corrected chi connectivity index (χ2v) is 6.85. The molecule has 0 bridgehead atoms. The number of carbonyl (C=O) groups is 1. The van der Waals surface area contributed by atoms with Crippen LogP contribution in [0.4, 0.5) is 0 Å². The van der Waals surface area contributed by atoms with E-state index in [4.69, 9.17) is 16.3 Å². The molecule has 4 nitrogen and oxygen atoms in total. The van der Waals surface area contributed by atoms with Gasteiger partial charge in [-0.15, -0.1) is 12.4 Å². The number of piperidine rings is 1. The zero-order valence-electron chi connectivity index (χ0n) is 13.4. The molecule has 0 radical (unpaired) electrons. The van der Waals surface area contributed by atoms with Crippen LogP contribution in [0.5, 0.6) is 0 Å². The summed E-state index contributed by atoms with van der Waals surface area (Å²) in [5.74, 6) is 0.0248. The van der Waals surface area contributed by atoms with E-state index in [-0.39, 0.29) is 23.7 Å². The van der Waals surface area contributed by atoms with E-state index in [1.54, 1.807) is 7.11 Å². The van der Waals surface area contributed by atoms with Gasteiger partial charge in [0.2, 0.25) is 0 Å². The summed E-state index contributed by atoms with van der Waals surface area (Å²) < 4.78 is 5.58. The van der Waals surface area contributed by atoms with Crippen molar-refractivity contribution in [3.05, 3.63) is 34.9 Å². The van der Waals surface area contributed by atoms with Crippen LogP contribution in [0.2, 0.25) is 5.02 Å². The molecule has 0 spiro atoms. The molecule has 2 fully saturated rings. The van der Waals surface area contributed by atoms with E-state index in [0.717, 1.165) is 43.8 Å². The monoisotopic (exact) mass is 358 g/mol. The lowest BCUT2D eigenvalue weighted by molar-refractivity contribution is -0.146. The molecule has 3 rings (SSSR count). The maximum absolute atomic E-state index is 12.6. The van der Waals surface area contributed by atoms with Gasteiger partial charge < -0.3 is 15.4 Å². The minimum Gasteiger partial charge on any atom is -0.368 e. The predicted molar refractivity (Wildman–Crippen MR) is 94.5 cm³/mol. The quantitative estimate of drug-likeness (QED) is 0.850. The lowest BCUT2D eigenvalue weighted by atomic mass is 9.90. The molecule has 0 atom stereocenters. The minimum absolute atomic E-state index is 0. The Kier molecular flexibility index (Phi) is 5.95. The van der Waals surface area contributed by atoms with Crippen molar-refractivity contribution >= 4 is 29.9 Å². The number of halogens is 2. The average Bonchev–Trinajstić information content (AvgIpc) is 3.35. The summed E-state index contributed by atoms with van der Waals surface area (Å²) in [5, 5.41) is 7.15. The highest BCUT2D eigenvalue weighted by molar-refractivity contribution is 6.30. The van der Waals surface area contributed by atoms with Gasteiger partial charge in [-0.2, -0.15) is 0 Å². The van der Waals surface area contributed by atoms with Crippen molar-refractivity contribution < 1.29 is 9.53 Å². The number of carbonyl (C=O) groups excluding carboxylic acids is 1. The first-order chi connectivity index (χ1) is 10.6. The zero-order chi connectivity index (χ0) is 15.6. The second-order valence-electron chi connectivity index (χ2n) is 6.42. The number of ether oxygens (including phenoxy) is 1. The van der Waals surface area contributed by atoms with Crippen LogP contribution in [0, 0.1) is 0 Å². The first-order valence-electron chi connectivity index (χ1n) is 7.91. The summed E-state index contributed by atoms with van der Waals surface area (Å²) in [6.45, 7) is 2.32. The van der Waals surface area contributed by atoms with Gasteiger partial charge in [0.25, 0.3) is 5.91 Å². The highest BCUT2D eigenvalue weighted by atomic mass is 35.5. The summed E-state index contributed by atoms with van der Waals surface area (Å²) in [6, 6.07) is 7.97. The number of methoxy groups -OCH3 is 1. The summed E-state index contributed by atoms with van der Waals surface area (Å²) in [4.78, 5) is 12.6. The maximum Gasteiger partial charge on any atom is 0.252 e. The Morgan fingerprint density at radius 3 is 2.35 bits per heavy atom. The predicted octanol–water partition coefficient (Wildman–Crippen LogP) is 2.68. The molecule has 1 heterocycles. The molecule has 1 aromatic carbocycles. The molecule has 1 aliphatic carbocycles. The van der Waals surface area contributed by atoms with Crippen molar-refractivity contribution in [2.45, 2.75) is 36.7 Å². The van der Waals surface area contributed by atoms with Crippen molar-refractivity contribution in [3.8, 4) is 0 Å². The lowest BCUT2D eigenvalue weighted by Crippen LogP contribution is -2.55. The van der Waals surface area contributed by atoms with Gasteiger partial charge in [-0.3, -0.25) is 4.79 Å². The number of amides is 1. The minimum atomic E-state index is -0.665. The van der Waals surface area contributed by atoms with Crippen LogP contribution in [0.25, 0.3) is 0 Å². The molecule has 0 aromatic heterocycles. The molecule has 1 amide bonds. The molecule has 1 aliphatic heterocycles. The fourth-order valence-corrected chi connectivity index (χ4v) is 3.41. The van der Waals surface area contributed by atoms with Gasteiger partial charge in [0, 0.05) is 24.1 Å². The zero-order valence-corrected chi connectivity index (χ0v) is 14.9. The van der Waals surface area contributed by atoms with Crippen molar-refractivity contribution in [3.63, 3.8) is 0 Å². The van der Waals surface area contributed by atoms with Gasteiger partial charge in [-0.05, 0) is 56.5 Å². The Hall–Kier alpha value is -0.810. The van der Waals surface area contributed by atoms with Crippen LogP contribution < -0.4 is 10.6 Å². The van der Waals surface area contributed by atoms with E-state index in [2.05, 4.69) is 22.8 Å². The van der Waals surface area contributed by atoms with Crippen LogP contribution in [-0.4, -0.2) is 38.3 Å². The molecule has 1 aromatic rings. The van der Waals surface area contributed by atoms with Crippen molar-refractivity contribution in [1.82, 2.24) is 10.6 Å². The average molecular weight is 359 g/mol. The summed E-state index contributed by atoms with van der Waals surface area (Å²) in [7, 11) is 1.64. The molecule has 1 saturated heterocycles. The number of nitrogens with one attached hydrogen (secondary N) is 2. The number of hydrogen-bond donors (Lipinski definition) is 2. The van der Waals surface area contributed by atoms with Crippen LogP contribution >= 0.6 is 24.0 Å². The molecular weight excluding hydrogens is 335 g/mol. The Balaban J connectivity index is 0.00000192. The van der Waals surface area contributed by atoms with Gasteiger partial charge in [-0.25, -0.2) is 0 Å². The van der Waals surface area contributed by atoms with E-state index in [0.29, 0.717) is 6.54 Å². The van der Waals surface area contributed by atoms with Crippen molar-refractivity contribution in [2.75, 3.05) is 26.7 Å². The maximum atomic E-state index is 12.6. The van der Waals surface area contributed by atoms with Crippen LogP contribution in [0.3, 0.4) is 0 Å². The van der Waals surface area contributed by atoms with Crippen molar-refractivity contribution in [2.24, 2.45) is 0 Å². The second kappa shape index (κ2) is 7.39. The highest BCUT2D eigenvalue weighted by Crippen LogP contribution is 2.47. The third kappa shape index (κ3) is 3.82. The standard InChI is InChI=1S/C17H23ClN2O2.ClH/c1-22-17(8-10-19-11-9-17)15(21)20-12-16(6-7-16)13-2-4-14(18)5-3-13;/h2-5,19H,6-12H2,1H3,(H,20,21);1H. The van der Waals surface area contributed by atoms with E-state index in [9.17, 15) is 4.79 Å². The molecule has 23 heavy (non-hydrogen) atoms. The fraction of sp³-hybridized carbons (Fsp3) is 0.588. The van der Waals surface area contributed by atoms with Crippen molar-refractivity contribution in [1.29, 1.82) is 0 Å². The van der Waals surface area contributed by atoms with E-state index >= 15 is 0 Å². The van der Waals surface area contributed by atoms with Gasteiger partial charge >= 0.3 is 0 Å². The van der Waals surface area contributed by atoms with Crippen LogP contribution in [0.1, 0.15) is 31.2 Å². The largest absolute Gasteiger partial charge is 0.368 e. The van der Waals surface area contributed by atoms with Gasteiger partial charge in [-0.1, -0.05) is 23.7 Å². The molecule has 2 aliphatic rings. The lowest BCUT2D eigenvalue weighted by Gasteiger charge is -2.35. The smallest absolute Gasteiger partial charge is 0.252 e. The molecule has 0 unspecified atom stereocenters. The summed E-state index contributed by atoms with van der Waals surface area (Å²) in [5.41, 5.74) is 0.678. The van der Waals surface area contributed by atoms with Gasteiger partial charge in [0.05, 0.1) is 0 Å². The first kappa shape index (κ1) is 18.5. The fourth-order valence-electron chi connectivity index (χ4n) is 3.29. The summed E-state index contributed by atoms with van der Waals surface area (Å²) >= 11 is 5.96. The third-order valence-electron chi connectivity index (χ3n) is 5.11. The first-order valence-corrected chi connectivity index (χ1v) is 8.28. The molecular formula is C17H24Cl2N2O2. The van der Waals surface area contributed by atoms with Gasteiger partial charge in [0.15, 0.2) is 0 Å². The van der Waals surface area contributed by atoms with Crippen LogP contribution in [0.15, 0.2) is 24.3 Å². The van der Waals surface area contributed by atoms with Gasteiger partial charge in [0.1, 0.15) is 5.60 Å². The van der Waals surface area contributed by atoms with Crippen LogP contribution in [-0.2, 0) is 14.9 Å². The van der Waals surface area contributed by atoms with E-state index in [1.165, 1.54) is 5.56 Å². The third-order valence-corrected chi connectivity index (χ3v) is 5.37. The normalized spacial score (nSPS) is 21.1. The number of hydrogen-bond acceptors (Lipinski definition) is 3.